The molecule has 0 bridgehead atoms. The molecule has 0 aliphatic heterocycles. The molecule has 0 atom stereocenters. The Labute approximate surface area is 107 Å². The van der Waals surface area contributed by atoms with E-state index in [2.05, 4.69) is 10.3 Å². The number of nitrogens with one attached hydrogen (secondary N) is 1. The third kappa shape index (κ3) is 2.54. The first kappa shape index (κ1) is 12.3. The van der Waals surface area contributed by atoms with Crippen LogP contribution in [0.3, 0.4) is 0 Å². The molecule has 0 radical (unpaired) electrons. The van der Waals surface area contributed by atoms with Gasteiger partial charge < -0.3 is 10.4 Å². The van der Waals surface area contributed by atoms with Gasteiger partial charge in [0.05, 0.1) is 5.56 Å². The number of carboxylic acid groups (broad SMARTS) is 1. The number of thiazole rings is 1. The standard InChI is InChI=1S/C12H10N2O3S/c1-7-2-3-8(12(16)17)6-9(7)14-10(15)11-13-4-5-18-11/h2-6H,1H3,(H,14,15)(H,16,17). The van der Waals surface area contributed by atoms with Crippen LogP contribution in [0.4, 0.5) is 5.69 Å². The molecule has 0 aliphatic rings. The summed E-state index contributed by atoms with van der Waals surface area (Å²) in [6, 6.07) is 4.58. The van der Waals surface area contributed by atoms with Crippen molar-refractivity contribution in [3.8, 4) is 0 Å². The van der Waals surface area contributed by atoms with Gasteiger partial charge in [0.2, 0.25) is 0 Å². The molecule has 0 spiro atoms. The van der Waals surface area contributed by atoms with Crippen LogP contribution in [0.2, 0.25) is 0 Å². The van der Waals surface area contributed by atoms with Crippen molar-refractivity contribution in [1.82, 2.24) is 4.98 Å². The van der Waals surface area contributed by atoms with E-state index >= 15 is 0 Å². The van der Waals surface area contributed by atoms with E-state index in [4.69, 9.17) is 5.11 Å². The molecule has 0 unspecified atom stereocenters. The SMILES string of the molecule is Cc1ccc(C(=O)O)cc1NC(=O)c1nccs1. The first-order chi connectivity index (χ1) is 8.58. The van der Waals surface area contributed by atoms with E-state index in [1.807, 2.05) is 0 Å². The van der Waals surface area contributed by atoms with Crippen LogP contribution in [0.15, 0.2) is 29.8 Å². The zero-order valence-corrected chi connectivity index (χ0v) is 10.3. The largest absolute Gasteiger partial charge is 0.478 e. The fraction of sp³-hybridized carbons (Fsp3) is 0.0833. The zero-order chi connectivity index (χ0) is 13.1. The smallest absolute Gasteiger partial charge is 0.335 e. The Morgan fingerprint density at radius 3 is 2.78 bits per heavy atom. The molecule has 0 saturated heterocycles. The maximum Gasteiger partial charge on any atom is 0.335 e. The minimum Gasteiger partial charge on any atom is -0.478 e. The van der Waals surface area contributed by atoms with Crippen molar-refractivity contribution < 1.29 is 14.7 Å². The van der Waals surface area contributed by atoms with Gasteiger partial charge in [-0.05, 0) is 24.6 Å². The quantitative estimate of drug-likeness (QED) is 0.890. The van der Waals surface area contributed by atoms with Crippen LogP contribution in [0, 0.1) is 6.92 Å². The molecule has 18 heavy (non-hydrogen) atoms. The predicted octanol–water partition coefficient (Wildman–Crippen LogP) is 2.40. The molecule has 2 N–H and O–H groups in total. The van der Waals surface area contributed by atoms with Crippen molar-refractivity contribution >= 4 is 28.9 Å². The topological polar surface area (TPSA) is 79.3 Å². The Morgan fingerprint density at radius 1 is 1.39 bits per heavy atom. The molecule has 2 rings (SSSR count). The van der Waals surface area contributed by atoms with Crippen LogP contribution in [0.25, 0.3) is 0 Å². The number of aromatic carboxylic acids is 1. The monoisotopic (exact) mass is 262 g/mol. The van der Waals surface area contributed by atoms with Crippen LogP contribution in [-0.2, 0) is 0 Å². The average molecular weight is 262 g/mol. The molecule has 5 nitrogen and oxygen atoms in total. The minimum atomic E-state index is -1.03. The summed E-state index contributed by atoms with van der Waals surface area (Å²) in [4.78, 5) is 26.5. The molecule has 1 aromatic heterocycles. The number of carbonyl (C=O) groups is 2. The Morgan fingerprint density at radius 2 is 2.17 bits per heavy atom. The molecule has 0 saturated carbocycles. The summed E-state index contributed by atoms with van der Waals surface area (Å²) < 4.78 is 0. The lowest BCUT2D eigenvalue weighted by Gasteiger charge is -2.07. The molecule has 2 aromatic rings. The highest BCUT2D eigenvalue weighted by Gasteiger charge is 2.12. The lowest BCUT2D eigenvalue weighted by molar-refractivity contribution is 0.0696. The van der Waals surface area contributed by atoms with Gasteiger partial charge in [0.1, 0.15) is 0 Å². The lowest BCUT2D eigenvalue weighted by atomic mass is 10.1. The molecule has 0 fully saturated rings. The third-order valence-corrected chi connectivity index (χ3v) is 3.13. The van der Waals surface area contributed by atoms with E-state index in [0.717, 1.165) is 5.56 Å². The second kappa shape index (κ2) is 4.97. The van der Waals surface area contributed by atoms with Crippen molar-refractivity contribution in [1.29, 1.82) is 0 Å². The minimum absolute atomic E-state index is 0.134. The fourth-order valence-electron chi connectivity index (χ4n) is 1.40. The first-order valence-electron chi connectivity index (χ1n) is 5.12. The van der Waals surface area contributed by atoms with Crippen molar-refractivity contribution in [2.24, 2.45) is 0 Å². The van der Waals surface area contributed by atoms with E-state index in [1.165, 1.54) is 23.5 Å². The summed E-state index contributed by atoms with van der Waals surface area (Å²) in [6.07, 6.45) is 1.54. The van der Waals surface area contributed by atoms with Crippen LogP contribution >= 0.6 is 11.3 Å². The number of carboxylic acids is 1. The number of hydrogen-bond donors (Lipinski definition) is 2. The summed E-state index contributed by atoms with van der Waals surface area (Å²) in [5.41, 5.74) is 1.41. The van der Waals surface area contributed by atoms with Gasteiger partial charge in [-0.3, -0.25) is 4.79 Å². The molecule has 0 aliphatic carbocycles. The molecule has 6 heteroatoms. The predicted molar refractivity (Wildman–Crippen MR) is 68.2 cm³/mol. The second-order valence-electron chi connectivity index (χ2n) is 3.63. The molecule has 1 heterocycles. The van der Waals surface area contributed by atoms with E-state index in [9.17, 15) is 9.59 Å². The fourth-order valence-corrected chi connectivity index (χ4v) is 1.93. The second-order valence-corrected chi connectivity index (χ2v) is 4.52. The summed E-state index contributed by atoms with van der Waals surface area (Å²) in [6.45, 7) is 1.79. The van der Waals surface area contributed by atoms with Gasteiger partial charge in [-0.25, -0.2) is 9.78 Å². The zero-order valence-electron chi connectivity index (χ0n) is 9.51. The Hall–Kier alpha value is -2.21. The number of rotatable bonds is 3. The van der Waals surface area contributed by atoms with Crippen molar-refractivity contribution in [2.75, 3.05) is 5.32 Å². The number of nitrogens with zero attached hydrogens (tertiary/aromatic N) is 1. The van der Waals surface area contributed by atoms with Gasteiger partial charge in [0.25, 0.3) is 5.91 Å². The maximum absolute atomic E-state index is 11.8. The van der Waals surface area contributed by atoms with Crippen molar-refractivity contribution in [3.63, 3.8) is 0 Å². The van der Waals surface area contributed by atoms with Gasteiger partial charge in [-0.15, -0.1) is 11.3 Å². The van der Waals surface area contributed by atoms with Crippen LogP contribution in [0.1, 0.15) is 25.7 Å². The highest BCUT2D eigenvalue weighted by atomic mass is 32.1. The third-order valence-electron chi connectivity index (χ3n) is 2.36. The molecule has 92 valence electrons. The van der Waals surface area contributed by atoms with Crippen molar-refractivity contribution in [2.45, 2.75) is 6.92 Å². The van der Waals surface area contributed by atoms with Gasteiger partial charge in [-0.2, -0.15) is 0 Å². The number of anilines is 1. The normalized spacial score (nSPS) is 10.1. The maximum atomic E-state index is 11.8. The van der Waals surface area contributed by atoms with E-state index in [1.54, 1.807) is 24.6 Å². The first-order valence-corrected chi connectivity index (χ1v) is 6.00. The molecule has 1 aromatic carbocycles. The summed E-state index contributed by atoms with van der Waals surface area (Å²) in [5, 5.41) is 13.6. The molecular weight excluding hydrogens is 252 g/mol. The van der Waals surface area contributed by atoms with Gasteiger partial charge >= 0.3 is 5.97 Å². The number of benzene rings is 1. The number of aryl methyl sites for hydroxylation is 1. The van der Waals surface area contributed by atoms with E-state index in [0.29, 0.717) is 10.7 Å². The molecule has 1 amide bonds. The van der Waals surface area contributed by atoms with Crippen LogP contribution in [-0.4, -0.2) is 22.0 Å². The Bertz CT molecular complexity index is 593. The highest BCUT2D eigenvalue weighted by Crippen LogP contribution is 2.18. The Kier molecular flexibility index (Phi) is 3.38. The van der Waals surface area contributed by atoms with Gasteiger partial charge in [0, 0.05) is 17.3 Å². The van der Waals surface area contributed by atoms with Crippen LogP contribution in [0.5, 0.6) is 0 Å². The highest BCUT2D eigenvalue weighted by molar-refractivity contribution is 7.11. The summed E-state index contributed by atoms with van der Waals surface area (Å²) in [7, 11) is 0. The van der Waals surface area contributed by atoms with E-state index < -0.39 is 5.97 Å². The lowest BCUT2D eigenvalue weighted by Crippen LogP contribution is -2.13. The van der Waals surface area contributed by atoms with Gasteiger partial charge in [0.15, 0.2) is 5.01 Å². The van der Waals surface area contributed by atoms with Gasteiger partial charge in [-0.1, -0.05) is 6.07 Å². The van der Waals surface area contributed by atoms with Crippen LogP contribution < -0.4 is 5.32 Å². The van der Waals surface area contributed by atoms with Crippen molar-refractivity contribution in [3.05, 3.63) is 45.9 Å². The molecular formula is C12H10N2O3S. The average Bonchev–Trinajstić information content (AvgIpc) is 2.85. The summed E-state index contributed by atoms with van der Waals surface area (Å²) in [5.74, 6) is -1.37. The number of aromatic nitrogens is 1. The summed E-state index contributed by atoms with van der Waals surface area (Å²) >= 11 is 1.23. The number of hydrogen-bond acceptors (Lipinski definition) is 4. The number of carbonyl (C=O) groups excluding carboxylic acids is 1. The Balaban J connectivity index is 2.26. The number of amides is 1. The van der Waals surface area contributed by atoms with E-state index in [-0.39, 0.29) is 11.5 Å².